The van der Waals surface area contributed by atoms with Crippen molar-refractivity contribution in [2.24, 2.45) is 5.73 Å². The van der Waals surface area contributed by atoms with E-state index in [0.29, 0.717) is 6.54 Å². The summed E-state index contributed by atoms with van der Waals surface area (Å²) in [5.74, 6) is -0.245. The summed E-state index contributed by atoms with van der Waals surface area (Å²) in [5, 5.41) is 4.43. The van der Waals surface area contributed by atoms with Crippen molar-refractivity contribution in [1.82, 2.24) is 9.78 Å². The van der Waals surface area contributed by atoms with Crippen LogP contribution in [0.3, 0.4) is 0 Å². The molecule has 0 aliphatic rings. The van der Waals surface area contributed by atoms with E-state index in [4.69, 9.17) is 5.73 Å². The van der Waals surface area contributed by atoms with E-state index < -0.39 is 15.9 Å². The number of carbonyl (C=O) groups is 1. The number of nitrogens with zero attached hydrogens (tertiary/aromatic N) is 2. The van der Waals surface area contributed by atoms with E-state index in [9.17, 15) is 13.2 Å². The van der Waals surface area contributed by atoms with Crippen molar-refractivity contribution in [3.8, 4) is 0 Å². The fourth-order valence-corrected chi connectivity index (χ4v) is 3.37. The fraction of sp³-hybridized carbons (Fsp3) is 0.692. The summed E-state index contributed by atoms with van der Waals surface area (Å²) in [5.41, 5.74) is 7.50. The van der Waals surface area contributed by atoms with Crippen LogP contribution < -0.4 is 5.73 Å². The zero-order chi connectivity index (χ0) is 16.2. The summed E-state index contributed by atoms with van der Waals surface area (Å²) in [7, 11) is -3.11. The lowest BCUT2D eigenvalue weighted by Crippen LogP contribution is -2.34. The molecule has 0 aliphatic heterocycles. The Morgan fingerprint density at radius 3 is 2.52 bits per heavy atom. The zero-order valence-corrected chi connectivity index (χ0v) is 15.0. The predicted molar refractivity (Wildman–Crippen MR) is 86.0 cm³/mol. The van der Waals surface area contributed by atoms with Crippen molar-refractivity contribution in [3.05, 3.63) is 15.9 Å². The molecule has 0 fully saturated rings. The number of ketones is 1. The van der Waals surface area contributed by atoms with Crippen LogP contribution in [0.5, 0.6) is 0 Å². The average molecular weight is 380 g/mol. The molecule has 1 rings (SSSR count). The number of hydrogen-bond acceptors (Lipinski definition) is 5. The molecule has 1 aromatic heterocycles. The highest BCUT2D eigenvalue weighted by atomic mass is 79.9. The van der Waals surface area contributed by atoms with Gasteiger partial charge in [0.25, 0.3) is 0 Å². The van der Waals surface area contributed by atoms with Gasteiger partial charge in [0.2, 0.25) is 0 Å². The molecule has 0 spiro atoms. The van der Waals surface area contributed by atoms with Gasteiger partial charge in [0.15, 0.2) is 5.78 Å². The fourth-order valence-electron chi connectivity index (χ4n) is 1.98. The quantitative estimate of drug-likeness (QED) is 0.729. The van der Waals surface area contributed by atoms with Crippen molar-refractivity contribution in [3.63, 3.8) is 0 Å². The van der Waals surface area contributed by atoms with Crippen LogP contribution in [-0.4, -0.2) is 42.0 Å². The van der Waals surface area contributed by atoms with Crippen LogP contribution in [0, 0.1) is 0 Å². The minimum atomic E-state index is -3.11. The Morgan fingerprint density at radius 2 is 2.05 bits per heavy atom. The number of aromatic nitrogens is 2. The minimum absolute atomic E-state index is 0.0751. The van der Waals surface area contributed by atoms with Crippen molar-refractivity contribution < 1.29 is 13.2 Å². The highest BCUT2D eigenvalue weighted by Crippen LogP contribution is 2.23. The highest BCUT2D eigenvalue weighted by Gasteiger charge is 2.21. The van der Waals surface area contributed by atoms with Crippen molar-refractivity contribution >= 4 is 31.6 Å². The van der Waals surface area contributed by atoms with Crippen LogP contribution in [0.15, 0.2) is 4.47 Å². The second-order valence-corrected chi connectivity index (χ2v) is 8.10. The van der Waals surface area contributed by atoms with Gasteiger partial charge in [0, 0.05) is 12.8 Å². The number of hydrogen-bond donors (Lipinski definition) is 1. The summed E-state index contributed by atoms with van der Waals surface area (Å²) in [6, 6.07) is -0.767. The van der Waals surface area contributed by atoms with Crippen LogP contribution in [0.25, 0.3) is 0 Å². The molecule has 0 saturated heterocycles. The van der Waals surface area contributed by atoms with E-state index >= 15 is 0 Å². The van der Waals surface area contributed by atoms with Gasteiger partial charge in [0.1, 0.15) is 9.84 Å². The topological polar surface area (TPSA) is 95.0 Å². The van der Waals surface area contributed by atoms with Crippen LogP contribution in [-0.2, 0) is 34.0 Å². The number of carbonyl (C=O) groups excluding carboxylic acids is 1. The lowest BCUT2D eigenvalue weighted by molar-refractivity contribution is -0.119. The van der Waals surface area contributed by atoms with Crippen LogP contribution in [0.1, 0.15) is 31.7 Å². The second-order valence-electron chi connectivity index (χ2n) is 5.04. The van der Waals surface area contributed by atoms with Gasteiger partial charge >= 0.3 is 0 Å². The molecule has 1 unspecified atom stereocenters. The van der Waals surface area contributed by atoms with Crippen LogP contribution >= 0.6 is 15.9 Å². The maximum absolute atomic E-state index is 12.2. The monoisotopic (exact) mass is 379 g/mol. The lowest BCUT2D eigenvalue weighted by atomic mass is 10.1. The molecular formula is C13H22BrN3O3S. The molecule has 0 bridgehead atoms. The largest absolute Gasteiger partial charge is 0.321 e. The summed E-state index contributed by atoms with van der Waals surface area (Å²) in [6.45, 7) is 4.62. The Balaban J connectivity index is 2.81. The summed E-state index contributed by atoms with van der Waals surface area (Å²) in [6.07, 6.45) is 2.22. The molecular weight excluding hydrogens is 358 g/mol. The maximum atomic E-state index is 12.2. The summed E-state index contributed by atoms with van der Waals surface area (Å²) < 4.78 is 24.9. The molecule has 0 amide bonds. The van der Waals surface area contributed by atoms with Crippen molar-refractivity contribution in [1.29, 1.82) is 0 Å². The summed E-state index contributed by atoms with van der Waals surface area (Å²) in [4.78, 5) is 12.2. The normalized spacial score (nSPS) is 13.4. The Morgan fingerprint density at radius 1 is 1.43 bits per heavy atom. The van der Waals surface area contributed by atoms with E-state index in [1.165, 1.54) is 0 Å². The number of rotatable bonds is 8. The molecule has 21 heavy (non-hydrogen) atoms. The van der Waals surface area contributed by atoms with Gasteiger partial charge in [-0.15, -0.1) is 0 Å². The molecule has 6 nitrogen and oxygen atoms in total. The molecule has 120 valence electrons. The van der Waals surface area contributed by atoms with Gasteiger partial charge in [-0.05, 0) is 35.7 Å². The van der Waals surface area contributed by atoms with E-state index in [-0.39, 0.29) is 24.4 Å². The van der Waals surface area contributed by atoms with Gasteiger partial charge in [0.05, 0.1) is 34.1 Å². The van der Waals surface area contributed by atoms with Gasteiger partial charge in [-0.3, -0.25) is 9.48 Å². The molecule has 2 N–H and O–H groups in total. The van der Waals surface area contributed by atoms with Crippen LogP contribution in [0.2, 0.25) is 0 Å². The third-order valence-corrected chi connectivity index (χ3v) is 5.14. The standard InChI is InChI=1S/C13H22BrN3O3S/c1-4-10-13(14)11(17(5-2)16-10)8-12(18)9(15)6-7-21(3,19)20/h9H,4-8,15H2,1-3H3. The van der Waals surface area contributed by atoms with Gasteiger partial charge in [-0.1, -0.05) is 6.92 Å². The van der Waals surface area contributed by atoms with E-state index in [2.05, 4.69) is 21.0 Å². The van der Waals surface area contributed by atoms with Gasteiger partial charge < -0.3 is 5.73 Å². The second kappa shape index (κ2) is 7.51. The molecule has 0 radical (unpaired) electrons. The number of nitrogens with two attached hydrogens (primary N) is 1. The number of halogens is 1. The SMILES string of the molecule is CCc1nn(CC)c(CC(=O)C(N)CCS(C)(=O)=O)c1Br. The molecule has 1 heterocycles. The predicted octanol–water partition coefficient (Wildman–Crippen LogP) is 1.10. The zero-order valence-electron chi connectivity index (χ0n) is 12.6. The Bertz CT molecular complexity index is 610. The molecule has 0 aliphatic carbocycles. The molecule has 1 atom stereocenters. The van der Waals surface area contributed by atoms with Gasteiger partial charge in [-0.25, -0.2) is 8.42 Å². The first kappa shape index (κ1) is 18.3. The smallest absolute Gasteiger partial charge is 0.155 e. The van der Waals surface area contributed by atoms with Crippen LogP contribution in [0.4, 0.5) is 0 Å². The number of aryl methyl sites for hydroxylation is 2. The Kier molecular flexibility index (Phi) is 6.55. The Labute approximate surface area is 134 Å². The van der Waals surface area contributed by atoms with E-state index in [1.807, 2.05) is 13.8 Å². The van der Waals surface area contributed by atoms with Gasteiger partial charge in [-0.2, -0.15) is 5.10 Å². The van der Waals surface area contributed by atoms with E-state index in [1.54, 1.807) is 4.68 Å². The first-order valence-electron chi connectivity index (χ1n) is 6.89. The first-order chi connectivity index (χ1) is 9.69. The minimum Gasteiger partial charge on any atom is -0.321 e. The molecule has 0 aromatic carbocycles. The maximum Gasteiger partial charge on any atom is 0.155 e. The number of sulfone groups is 1. The molecule has 0 saturated carbocycles. The first-order valence-corrected chi connectivity index (χ1v) is 9.75. The Hall–Kier alpha value is -0.730. The van der Waals surface area contributed by atoms with Crippen molar-refractivity contribution in [2.45, 2.75) is 45.7 Å². The molecule has 8 heteroatoms. The van der Waals surface area contributed by atoms with Crippen molar-refractivity contribution in [2.75, 3.05) is 12.0 Å². The third kappa shape index (κ3) is 5.19. The third-order valence-electron chi connectivity index (χ3n) is 3.25. The number of Topliss-reactive ketones (excluding diaryl/α,β-unsaturated/α-hetero) is 1. The summed E-state index contributed by atoms with van der Waals surface area (Å²) >= 11 is 3.48. The average Bonchev–Trinajstić information content (AvgIpc) is 2.71. The molecule has 1 aromatic rings. The highest BCUT2D eigenvalue weighted by molar-refractivity contribution is 9.10. The van der Waals surface area contributed by atoms with E-state index in [0.717, 1.165) is 28.5 Å². The lowest BCUT2D eigenvalue weighted by Gasteiger charge is -2.11.